The second kappa shape index (κ2) is 5.89. The van der Waals surface area contributed by atoms with Crippen LogP contribution in [0.1, 0.15) is 19.8 Å². The predicted octanol–water partition coefficient (Wildman–Crippen LogP) is 3.09. The van der Waals surface area contributed by atoms with Crippen molar-refractivity contribution in [3.05, 3.63) is 41.4 Å². The molecule has 4 nitrogen and oxygen atoms in total. The van der Waals surface area contributed by atoms with Crippen molar-refractivity contribution in [1.82, 2.24) is 19.2 Å². The van der Waals surface area contributed by atoms with Crippen molar-refractivity contribution in [3.8, 4) is 5.69 Å². The number of benzene rings is 1. The Kier molecular flexibility index (Phi) is 3.98. The summed E-state index contributed by atoms with van der Waals surface area (Å²) in [4.78, 5) is 2.44. The number of hydrogen-bond donors (Lipinski definition) is 0. The molecule has 0 radical (unpaired) electrons. The van der Waals surface area contributed by atoms with Gasteiger partial charge in [0.15, 0.2) is 0 Å². The van der Waals surface area contributed by atoms with E-state index in [1.54, 1.807) is 0 Å². The third kappa shape index (κ3) is 2.83. The van der Waals surface area contributed by atoms with E-state index in [-0.39, 0.29) is 0 Å². The van der Waals surface area contributed by atoms with Gasteiger partial charge in [-0.25, -0.2) is 4.68 Å². The van der Waals surface area contributed by atoms with Gasteiger partial charge in [0.25, 0.3) is 0 Å². The first-order chi connectivity index (χ1) is 9.74. The van der Waals surface area contributed by atoms with Crippen LogP contribution in [-0.2, 0) is 6.67 Å². The average Bonchev–Trinajstić information content (AvgIpc) is 2.81. The normalized spacial score (nSPS) is 20.1. The van der Waals surface area contributed by atoms with E-state index in [0.717, 1.165) is 36.1 Å². The summed E-state index contributed by atoms with van der Waals surface area (Å²) in [5.74, 6) is 0.772. The van der Waals surface area contributed by atoms with E-state index in [0.29, 0.717) is 0 Å². The van der Waals surface area contributed by atoms with E-state index in [2.05, 4.69) is 16.9 Å². The van der Waals surface area contributed by atoms with Gasteiger partial charge in [0.1, 0.15) is 6.33 Å². The van der Waals surface area contributed by atoms with Crippen LogP contribution in [0.4, 0.5) is 0 Å². The molecule has 0 N–H and O–H groups in total. The second-order valence-electron chi connectivity index (χ2n) is 5.58. The number of aromatic nitrogens is 3. The molecule has 106 valence electrons. The second-order valence-corrected chi connectivity index (χ2v) is 5.95. The van der Waals surface area contributed by atoms with Gasteiger partial charge in [0, 0.05) is 12.2 Å². The van der Waals surface area contributed by atoms with Crippen molar-refractivity contribution in [2.75, 3.05) is 13.1 Å². The number of piperidine rings is 1. The van der Waals surface area contributed by atoms with Crippen LogP contribution in [-0.4, -0.2) is 32.3 Å². The maximum atomic E-state index is 5.54. The lowest BCUT2D eigenvalue weighted by Crippen LogP contribution is -2.36. The molecule has 2 aromatic rings. The highest BCUT2D eigenvalue weighted by atomic mass is 32.1. The lowest BCUT2D eigenvalue weighted by Gasteiger charge is -2.30. The Balaban J connectivity index is 1.79. The molecule has 1 atom stereocenters. The number of hydrogen-bond acceptors (Lipinski definition) is 3. The molecule has 3 rings (SSSR count). The summed E-state index contributed by atoms with van der Waals surface area (Å²) in [6.07, 6.45) is 4.42. The highest BCUT2D eigenvalue weighted by molar-refractivity contribution is 7.71. The Morgan fingerprint density at radius 1 is 1.30 bits per heavy atom. The summed E-state index contributed by atoms with van der Waals surface area (Å²) in [6.45, 7) is 5.39. The van der Waals surface area contributed by atoms with E-state index in [4.69, 9.17) is 12.2 Å². The molecular formula is C15H20N4S. The quantitative estimate of drug-likeness (QED) is 0.812. The third-order valence-electron chi connectivity index (χ3n) is 3.84. The summed E-state index contributed by atoms with van der Waals surface area (Å²) < 4.78 is 4.64. The minimum absolute atomic E-state index is 0.759. The monoisotopic (exact) mass is 288 g/mol. The van der Waals surface area contributed by atoms with Crippen LogP contribution in [0.3, 0.4) is 0 Å². The molecule has 0 saturated carbocycles. The van der Waals surface area contributed by atoms with Gasteiger partial charge in [-0.05, 0) is 49.7 Å². The van der Waals surface area contributed by atoms with Gasteiger partial charge in [-0.1, -0.05) is 25.1 Å². The van der Waals surface area contributed by atoms with E-state index in [1.807, 2.05) is 45.9 Å². The van der Waals surface area contributed by atoms with Crippen molar-refractivity contribution in [3.63, 3.8) is 0 Å². The van der Waals surface area contributed by atoms with Gasteiger partial charge in [-0.2, -0.15) is 5.10 Å². The van der Waals surface area contributed by atoms with Crippen LogP contribution in [0.2, 0.25) is 0 Å². The van der Waals surface area contributed by atoms with Crippen LogP contribution >= 0.6 is 12.2 Å². The Morgan fingerprint density at radius 2 is 2.10 bits per heavy atom. The fourth-order valence-electron chi connectivity index (χ4n) is 2.80. The van der Waals surface area contributed by atoms with Gasteiger partial charge in [0.05, 0.1) is 6.67 Å². The zero-order valence-electron chi connectivity index (χ0n) is 11.8. The largest absolute Gasteiger partial charge is 0.284 e. The first kappa shape index (κ1) is 13.5. The minimum Gasteiger partial charge on any atom is -0.284 e. The van der Waals surface area contributed by atoms with Gasteiger partial charge in [0.2, 0.25) is 4.77 Å². The molecule has 1 aliphatic heterocycles. The molecular weight excluding hydrogens is 268 g/mol. The smallest absolute Gasteiger partial charge is 0.203 e. The molecule has 5 heteroatoms. The summed E-state index contributed by atoms with van der Waals surface area (Å²) in [5, 5.41) is 4.45. The third-order valence-corrected chi connectivity index (χ3v) is 4.25. The number of rotatable bonds is 3. The summed E-state index contributed by atoms with van der Waals surface area (Å²) in [7, 11) is 0. The first-order valence-electron chi connectivity index (χ1n) is 7.16. The van der Waals surface area contributed by atoms with Crippen molar-refractivity contribution in [2.24, 2.45) is 5.92 Å². The zero-order valence-corrected chi connectivity index (χ0v) is 12.6. The van der Waals surface area contributed by atoms with Gasteiger partial charge < -0.3 is 0 Å². The van der Waals surface area contributed by atoms with Crippen LogP contribution in [0.5, 0.6) is 0 Å². The molecule has 0 spiro atoms. The fraction of sp³-hybridized carbons (Fsp3) is 0.467. The number of likely N-dealkylation sites (tertiary alicyclic amines) is 1. The van der Waals surface area contributed by atoms with Crippen molar-refractivity contribution < 1.29 is 0 Å². The van der Waals surface area contributed by atoms with Crippen molar-refractivity contribution in [2.45, 2.75) is 26.4 Å². The van der Waals surface area contributed by atoms with E-state index >= 15 is 0 Å². The molecule has 2 heterocycles. The molecule has 1 saturated heterocycles. The van der Waals surface area contributed by atoms with Crippen LogP contribution in [0, 0.1) is 10.7 Å². The number of para-hydroxylation sites is 1. The standard InChI is InChI=1S/C15H20N4S/c1-13-6-5-9-17(10-13)12-19-15(20)18(11-16-19)14-7-3-2-4-8-14/h2-4,7-8,11,13H,5-6,9-10,12H2,1H3/t13-/m1/s1. The maximum Gasteiger partial charge on any atom is 0.203 e. The molecule has 1 aromatic heterocycles. The molecule has 1 aromatic carbocycles. The maximum absolute atomic E-state index is 5.54. The Labute approximate surface area is 124 Å². The lowest BCUT2D eigenvalue weighted by atomic mass is 10.0. The topological polar surface area (TPSA) is 26.0 Å². The minimum atomic E-state index is 0.759. The highest BCUT2D eigenvalue weighted by Gasteiger charge is 2.17. The average molecular weight is 288 g/mol. The molecule has 20 heavy (non-hydrogen) atoms. The van der Waals surface area contributed by atoms with Crippen LogP contribution in [0.25, 0.3) is 5.69 Å². The molecule has 0 unspecified atom stereocenters. The van der Waals surface area contributed by atoms with Crippen LogP contribution in [0.15, 0.2) is 36.7 Å². The Hall–Kier alpha value is -1.46. The predicted molar refractivity (Wildman–Crippen MR) is 82.4 cm³/mol. The zero-order chi connectivity index (χ0) is 13.9. The summed E-state index contributed by atoms with van der Waals surface area (Å²) in [6, 6.07) is 10.1. The van der Waals surface area contributed by atoms with Crippen LogP contribution < -0.4 is 0 Å². The lowest BCUT2D eigenvalue weighted by molar-refractivity contribution is 0.138. The van der Waals surface area contributed by atoms with Gasteiger partial charge in [-0.3, -0.25) is 9.47 Å². The molecule has 1 fully saturated rings. The summed E-state index contributed by atoms with van der Waals surface area (Å²) in [5.41, 5.74) is 1.07. The fourth-order valence-corrected chi connectivity index (χ4v) is 3.06. The Bertz CT molecular complexity index is 616. The van der Waals surface area contributed by atoms with E-state index in [9.17, 15) is 0 Å². The molecule has 0 bridgehead atoms. The van der Waals surface area contributed by atoms with Gasteiger partial charge in [-0.15, -0.1) is 0 Å². The van der Waals surface area contributed by atoms with Crippen molar-refractivity contribution >= 4 is 12.2 Å². The Morgan fingerprint density at radius 3 is 2.85 bits per heavy atom. The van der Waals surface area contributed by atoms with E-state index in [1.165, 1.54) is 12.8 Å². The van der Waals surface area contributed by atoms with E-state index < -0.39 is 0 Å². The van der Waals surface area contributed by atoms with Crippen molar-refractivity contribution in [1.29, 1.82) is 0 Å². The summed E-state index contributed by atoms with van der Waals surface area (Å²) >= 11 is 5.54. The molecule has 0 aliphatic carbocycles. The van der Waals surface area contributed by atoms with Gasteiger partial charge >= 0.3 is 0 Å². The highest BCUT2D eigenvalue weighted by Crippen LogP contribution is 2.16. The molecule has 1 aliphatic rings. The first-order valence-corrected chi connectivity index (χ1v) is 7.57. The molecule has 0 amide bonds. The number of nitrogens with zero attached hydrogens (tertiary/aromatic N) is 4. The SMILES string of the molecule is C[C@@H]1CCCN(Cn2ncn(-c3ccccc3)c2=S)C1.